The number of benzene rings is 1. The number of carbonyl (C=O) groups excluding carboxylic acids is 1. The van der Waals surface area contributed by atoms with E-state index >= 15 is 0 Å². The second-order valence-corrected chi connectivity index (χ2v) is 7.70. The SMILES string of the molecule is CCCOc1c(C(=O)NCCNC2CCCCC2)sc2ccccc12. The van der Waals surface area contributed by atoms with E-state index in [-0.39, 0.29) is 5.91 Å². The minimum Gasteiger partial charge on any atom is -0.491 e. The highest BCUT2D eigenvalue weighted by atomic mass is 32.1. The van der Waals surface area contributed by atoms with Gasteiger partial charge in [-0.3, -0.25) is 4.79 Å². The highest BCUT2D eigenvalue weighted by Crippen LogP contribution is 2.37. The van der Waals surface area contributed by atoms with Gasteiger partial charge in [0, 0.05) is 29.2 Å². The van der Waals surface area contributed by atoms with Gasteiger partial charge in [-0.05, 0) is 31.4 Å². The van der Waals surface area contributed by atoms with Crippen LogP contribution >= 0.6 is 11.3 Å². The van der Waals surface area contributed by atoms with E-state index in [2.05, 4.69) is 17.6 Å². The fourth-order valence-electron chi connectivity index (χ4n) is 3.36. The normalized spacial score (nSPS) is 15.4. The van der Waals surface area contributed by atoms with Gasteiger partial charge in [0.25, 0.3) is 5.91 Å². The lowest BCUT2D eigenvalue weighted by atomic mass is 9.95. The molecule has 1 aromatic carbocycles. The van der Waals surface area contributed by atoms with Crippen molar-refractivity contribution in [1.82, 2.24) is 10.6 Å². The minimum absolute atomic E-state index is 0.0299. The average Bonchev–Trinajstić information content (AvgIpc) is 3.03. The Morgan fingerprint density at radius 1 is 1.20 bits per heavy atom. The summed E-state index contributed by atoms with van der Waals surface area (Å²) in [5, 5.41) is 7.64. The molecule has 25 heavy (non-hydrogen) atoms. The first-order chi connectivity index (χ1) is 12.3. The van der Waals surface area contributed by atoms with E-state index in [0.717, 1.165) is 28.8 Å². The molecule has 1 amide bonds. The topological polar surface area (TPSA) is 50.4 Å². The molecule has 2 aromatic rings. The molecule has 0 bridgehead atoms. The molecule has 1 fully saturated rings. The quantitative estimate of drug-likeness (QED) is 0.689. The van der Waals surface area contributed by atoms with Crippen LogP contribution in [0.4, 0.5) is 0 Å². The number of fused-ring (bicyclic) bond motifs is 1. The first-order valence-corrected chi connectivity index (χ1v) is 10.3. The summed E-state index contributed by atoms with van der Waals surface area (Å²) in [6, 6.07) is 8.68. The van der Waals surface area contributed by atoms with Crippen LogP contribution in [0.25, 0.3) is 10.1 Å². The van der Waals surface area contributed by atoms with Crippen LogP contribution in [0.15, 0.2) is 24.3 Å². The van der Waals surface area contributed by atoms with E-state index < -0.39 is 0 Å². The molecular weight excluding hydrogens is 332 g/mol. The molecule has 1 aromatic heterocycles. The Balaban J connectivity index is 1.58. The number of nitrogens with one attached hydrogen (secondary N) is 2. The van der Waals surface area contributed by atoms with Gasteiger partial charge in [-0.1, -0.05) is 38.3 Å². The summed E-state index contributed by atoms with van der Waals surface area (Å²) in [4.78, 5) is 13.3. The summed E-state index contributed by atoms with van der Waals surface area (Å²) >= 11 is 1.51. The molecule has 1 heterocycles. The fourth-order valence-corrected chi connectivity index (χ4v) is 4.42. The molecule has 3 rings (SSSR count). The summed E-state index contributed by atoms with van der Waals surface area (Å²) in [5.41, 5.74) is 0. The van der Waals surface area contributed by atoms with Crippen molar-refractivity contribution in [2.24, 2.45) is 0 Å². The zero-order valence-electron chi connectivity index (χ0n) is 15.0. The predicted octanol–water partition coefficient (Wildman–Crippen LogP) is 4.34. The van der Waals surface area contributed by atoms with Crippen LogP contribution in [0, 0.1) is 0 Å². The lowest BCUT2D eigenvalue weighted by Crippen LogP contribution is -2.37. The van der Waals surface area contributed by atoms with Gasteiger partial charge in [0.15, 0.2) is 5.75 Å². The first kappa shape index (κ1) is 18.2. The zero-order valence-corrected chi connectivity index (χ0v) is 15.8. The van der Waals surface area contributed by atoms with Crippen molar-refractivity contribution < 1.29 is 9.53 Å². The van der Waals surface area contributed by atoms with Gasteiger partial charge in [-0.15, -0.1) is 11.3 Å². The maximum absolute atomic E-state index is 12.6. The third-order valence-electron chi connectivity index (χ3n) is 4.66. The third-order valence-corrected chi connectivity index (χ3v) is 5.81. The number of carbonyl (C=O) groups is 1. The number of amides is 1. The van der Waals surface area contributed by atoms with Gasteiger partial charge in [0.1, 0.15) is 4.88 Å². The summed E-state index contributed by atoms with van der Waals surface area (Å²) in [6.45, 7) is 4.18. The van der Waals surface area contributed by atoms with E-state index in [1.54, 1.807) is 0 Å². The summed E-state index contributed by atoms with van der Waals surface area (Å²) in [5.74, 6) is 0.706. The average molecular weight is 361 g/mol. The molecule has 1 aliphatic carbocycles. The first-order valence-electron chi connectivity index (χ1n) is 9.45. The molecule has 0 atom stereocenters. The number of ether oxygens (including phenoxy) is 1. The number of rotatable bonds is 8. The Morgan fingerprint density at radius 2 is 2.00 bits per heavy atom. The Kier molecular flexibility index (Phi) is 6.70. The molecule has 136 valence electrons. The molecule has 2 N–H and O–H groups in total. The van der Waals surface area contributed by atoms with Gasteiger partial charge >= 0.3 is 0 Å². The maximum Gasteiger partial charge on any atom is 0.265 e. The van der Waals surface area contributed by atoms with Crippen molar-refractivity contribution in [2.75, 3.05) is 19.7 Å². The summed E-state index contributed by atoms with van der Waals surface area (Å²) in [6.07, 6.45) is 7.46. The molecule has 0 radical (unpaired) electrons. The van der Waals surface area contributed by atoms with Crippen LogP contribution < -0.4 is 15.4 Å². The van der Waals surface area contributed by atoms with Crippen molar-refractivity contribution in [3.63, 3.8) is 0 Å². The van der Waals surface area contributed by atoms with Crippen LogP contribution in [0.5, 0.6) is 5.75 Å². The van der Waals surface area contributed by atoms with Crippen molar-refractivity contribution in [2.45, 2.75) is 51.5 Å². The molecule has 0 unspecified atom stereocenters. The Labute approximate surface area is 154 Å². The third kappa shape index (κ3) is 4.73. The standard InChI is InChI=1S/C20H28N2O2S/c1-2-14-24-18-16-10-6-7-11-17(16)25-19(18)20(23)22-13-12-21-15-8-4-3-5-9-15/h6-7,10-11,15,21H,2-5,8-9,12-14H2,1H3,(H,22,23). The fraction of sp³-hybridized carbons (Fsp3) is 0.550. The monoisotopic (exact) mass is 360 g/mol. The number of hydrogen-bond donors (Lipinski definition) is 2. The predicted molar refractivity (Wildman–Crippen MR) is 105 cm³/mol. The van der Waals surface area contributed by atoms with Crippen LogP contribution in [0.1, 0.15) is 55.1 Å². The van der Waals surface area contributed by atoms with Crippen LogP contribution in [-0.2, 0) is 0 Å². The van der Waals surface area contributed by atoms with E-state index in [0.29, 0.717) is 24.1 Å². The maximum atomic E-state index is 12.6. The lowest BCUT2D eigenvalue weighted by molar-refractivity contribution is 0.0954. The number of thiophene rings is 1. The van der Waals surface area contributed by atoms with E-state index in [1.165, 1.54) is 43.4 Å². The van der Waals surface area contributed by atoms with Gasteiger partial charge in [-0.2, -0.15) is 0 Å². The smallest absolute Gasteiger partial charge is 0.265 e. The second kappa shape index (κ2) is 9.20. The minimum atomic E-state index is -0.0299. The second-order valence-electron chi connectivity index (χ2n) is 6.65. The van der Waals surface area contributed by atoms with Crippen LogP contribution in [0.2, 0.25) is 0 Å². The van der Waals surface area contributed by atoms with Crippen molar-refractivity contribution >= 4 is 27.3 Å². The largest absolute Gasteiger partial charge is 0.491 e. The molecule has 4 nitrogen and oxygen atoms in total. The molecular formula is C20H28N2O2S. The number of hydrogen-bond acceptors (Lipinski definition) is 4. The molecule has 0 saturated heterocycles. The van der Waals surface area contributed by atoms with E-state index in [4.69, 9.17) is 4.74 Å². The van der Waals surface area contributed by atoms with Crippen molar-refractivity contribution in [3.8, 4) is 5.75 Å². The Hall–Kier alpha value is -1.59. The molecule has 1 aliphatic rings. The Morgan fingerprint density at radius 3 is 2.80 bits per heavy atom. The lowest BCUT2D eigenvalue weighted by Gasteiger charge is -2.22. The van der Waals surface area contributed by atoms with E-state index in [9.17, 15) is 4.79 Å². The van der Waals surface area contributed by atoms with Gasteiger partial charge in [0.05, 0.1) is 6.61 Å². The highest BCUT2D eigenvalue weighted by molar-refractivity contribution is 7.21. The van der Waals surface area contributed by atoms with E-state index in [1.807, 2.05) is 24.3 Å². The summed E-state index contributed by atoms with van der Waals surface area (Å²) in [7, 11) is 0. The van der Waals surface area contributed by atoms with Gasteiger partial charge in [-0.25, -0.2) is 0 Å². The summed E-state index contributed by atoms with van der Waals surface area (Å²) < 4.78 is 6.99. The zero-order chi connectivity index (χ0) is 17.5. The van der Waals surface area contributed by atoms with Crippen molar-refractivity contribution in [1.29, 1.82) is 0 Å². The van der Waals surface area contributed by atoms with Gasteiger partial charge < -0.3 is 15.4 Å². The Bertz CT molecular complexity index is 692. The highest BCUT2D eigenvalue weighted by Gasteiger charge is 2.19. The van der Waals surface area contributed by atoms with Gasteiger partial charge in [0.2, 0.25) is 0 Å². The molecule has 0 aliphatic heterocycles. The molecule has 0 spiro atoms. The molecule has 5 heteroatoms. The van der Waals surface area contributed by atoms with Crippen LogP contribution in [-0.4, -0.2) is 31.6 Å². The van der Waals surface area contributed by atoms with Crippen molar-refractivity contribution in [3.05, 3.63) is 29.1 Å². The molecule has 1 saturated carbocycles. The van der Waals surface area contributed by atoms with Crippen LogP contribution in [0.3, 0.4) is 0 Å².